The van der Waals surface area contributed by atoms with E-state index in [9.17, 15) is 10.1 Å². The molecular weight excluding hydrogens is 290 g/mol. The van der Waals surface area contributed by atoms with E-state index in [0.717, 1.165) is 18.7 Å². The number of halogens is 1. The quantitative estimate of drug-likeness (QED) is 0.648. The van der Waals surface area contributed by atoms with Gasteiger partial charge in [0.1, 0.15) is 0 Å². The Morgan fingerprint density at radius 2 is 2.14 bits per heavy atom. The molecule has 1 aliphatic rings. The van der Waals surface area contributed by atoms with Gasteiger partial charge in [-0.15, -0.1) is 0 Å². The number of nitro groups is 1. The van der Waals surface area contributed by atoms with Gasteiger partial charge in [-0.05, 0) is 56.6 Å². The van der Waals surface area contributed by atoms with Crippen LogP contribution in [0.4, 0.5) is 5.69 Å². The minimum absolute atomic E-state index is 0.0377. The van der Waals surface area contributed by atoms with E-state index in [1.54, 1.807) is 6.07 Å². The molecule has 0 atom stereocenters. The van der Waals surface area contributed by atoms with Crippen molar-refractivity contribution >= 4 is 17.3 Å². The van der Waals surface area contributed by atoms with Crippen molar-refractivity contribution < 1.29 is 4.92 Å². The van der Waals surface area contributed by atoms with Gasteiger partial charge in [-0.25, -0.2) is 0 Å². The van der Waals surface area contributed by atoms with Gasteiger partial charge in [0.05, 0.1) is 9.95 Å². The van der Waals surface area contributed by atoms with Crippen molar-refractivity contribution in [1.82, 2.24) is 10.2 Å². The Balaban J connectivity index is 1.77. The maximum Gasteiger partial charge on any atom is 0.270 e. The van der Waals surface area contributed by atoms with E-state index in [1.165, 1.54) is 38.1 Å². The molecule has 0 aromatic heterocycles. The van der Waals surface area contributed by atoms with Crippen LogP contribution in [0.3, 0.4) is 0 Å². The van der Waals surface area contributed by atoms with Crippen molar-refractivity contribution in [3.05, 3.63) is 38.9 Å². The summed E-state index contributed by atoms with van der Waals surface area (Å²) in [4.78, 5) is 12.7. The summed E-state index contributed by atoms with van der Waals surface area (Å²) in [5.74, 6) is 0.713. The molecule has 6 heteroatoms. The highest BCUT2D eigenvalue weighted by Crippen LogP contribution is 2.22. The zero-order valence-electron chi connectivity index (χ0n) is 12.3. The molecule has 5 nitrogen and oxygen atoms in total. The van der Waals surface area contributed by atoms with Crippen LogP contribution < -0.4 is 5.32 Å². The molecule has 1 N–H and O–H groups in total. The molecule has 1 aromatic carbocycles. The van der Waals surface area contributed by atoms with E-state index in [0.29, 0.717) is 17.5 Å². The molecule has 0 aliphatic carbocycles. The van der Waals surface area contributed by atoms with Crippen LogP contribution >= 0.6 is 11.6 Å². The first-order valence-electron chi connectivity index (χ1n) is 7.46. The first-order valence-corrected chi connectivity index (χ1v) is 7.83. The topological polar surface area (TPSA) is 58.4 Å². The lowest BCUT2D eigenvalue weighted by Gasteiger charge is -2.31. The van der Waals surface area contributed by atoms with Crippen molar-refractivity contribution in [2.45, 2.75) is 26.3 Å². The van der Waals surface area contributed by atoms with Gasteiger partial charge < -0.3 is 10.2 Å². The zero-order chi connectivity index (χ0) is 15.2. The average molecular weight is 312 g/mol. The number of nitro benzene ring substituents is 1. The third-order valence-corrected chi connectivity index (χ3v) is 4.50. The fourth-order valence-corrected chi connectivity index (χ4v) is 2.95. The Morgan fingerprint density at radius 3 is 2.71 bits per heavy atom. The van der Waals surface area contributed by atoms with Gasteiger partial charge in [-0.1, -0.05) is 18.5 Å². The summed E-state index contributed by atoms with van der Waals surface area (Å²) in [5, 5.41) is 14.5. The van der Waals surface area contributed by atoms with Gasteiger partial charge >= 0.3 is 0 Å². The number of likely N-dealkylation sites (tertiary alicyclic amines) is 1. The molecule has 0 unspecified atom stereocenters. The van der Waals surface area contributed by atoms with Crippen LogP contribution in [0.25, 0.3) is 0 Å². The largest absolute Gasteiger partial charge is 0.312 e. The lowest BCUT2D eigenvalue weighted by molar-refractivity contribution is -0.384. The van der Waals surface area contributed by atoms with Crippen LogP contribution in [0, 0.1) is 16.0 Å². The van der Waals surface area contributed by atoms with Crippen LogP contribution in [0.15, 0.2) is 18.2 Å². The monoisotopic (exact) mass is 311 g/mol. The van der Waals surface area contributed by atoms with Crippen molar-refractivity contribution in [1.29, 1.82) is 0 Å². The molecule has 1 aromatic rings. The molecule has 21 heavy (non-hydrogen) atoms. The molecule has 116 valence electrons. The SMILES string of the molecule is CCN1CCC(CNCc2ccc([N+](=O)[O-])cc2Cl)CC1. The molecule has 2 rings (SSSR count). The van der Waals surface area contributed by atoms with Gasteiger partial charge in [0, 0.05) is 18.7 Å². The van der Waals surface area contributed by atoms with E-state index >= 15 is 0 Å². The van der Waals surface area contributed by atoms with E-state index in [2.05, 4.69) is 17.1 Å². The average Bonchev–Trinajstić information content (AvgIpc) is 2.49. The number of hydrogen-bond donors (Lipinski definition) is 1. The Bertz CT molecular complexity index is 488. The van der Waals surface area contributed by atoms with Gasteiger partial charge in [-0.3, -0.25) is 10.1 Å². The van der Waals surface area contributed by atoms with E-state index in [1.807, 2.05) is 0 Å². The van der Waals surface area contributed by atoms with Crippen molar-refractivity contribution in [2.24, 2.45) is 5.92 Å². The maximum atomic E-state index is 10.7. The fourth-order valence-electron chi connectivity index (χ4n) is 2.71. The third kappa shape index (κ3) is 4.66. The number of nitrogens with zero attached hydrogens (tertiary/aromatic N) is 2. The minimum Gasteiger partial charge on any atom is -0.312 e. The zero-order valence-corrected chi connectivity index (χ0v) is 13.1. The summed E-state index contributed by atoms with van der Waals surface area (Å²) < 4.78 is 0. The van der Waals surface area contributed by atoms with Gasteiger partial charge in [0.2, 0.25) is 0 Å². The number of non-ortho nitro benzene ring substituents is 1. The second-order valence-corrected chi connectivity index (χ2v) is 5.95. The predicted molar refractivity (Wildman–Crippen MR) is 84.7 cm³/mol. The van der Waals surface area contributed by atoms with Gasteiger partial charge in [0.15, 0.2) is 0 Å². The van der Waals surface area contributed by atoms with Crippen LogP contribution in [0.5, 0.6) is 0 Å². The summed E-state index contributed by atoms with van der Waals surface area (Å²) >= 11 is 6.08. The Kier molecular flexibility index (Phi) is 5.96. The van der Waals surface area contributed by atoms with Crippen molar-refractivity contribution in [2.75, 3.05) is 26.2 Å². The van der Waals surface area contributed by atoms with Crippen LogP contribution in [-0.4, -0.2) is 36.0 Å². The molecule has 1 heterocycles. The summed E-state index contributed by atoms with van der Waals surface area (Å²) in [5.41, 5.74) is 0.948. The summed E-state index contributed by atoms with van der Waals surface area (Å²) in [7, 11) is 0. The molecule has 0 bridgehead atoms. The Labute approximate surface area is 130 Å². The molecule has 0 spiro atoms. The number of piperidine rings is 1. The first-order chi connectivity index (χ1) is 10.1. The third-order valence-electron chi connectivity index (χ3n) is 4.15. The smallest absolute Gasteiger partial charge is 0.270 e. The predicted octanol–water partition coefficient (Wildman–Crippen LogP) is 3.07. The standard InChI is InChI=1S/C15H22ClN3O2/c1-2-18-7-5-12(6-8-18)10-17-11-13-3-4-14(19(20)21)9-15(13)16/h3-4,9,12,17H,2,5-8,10-11H2,1H3. The molecule has 0 amide bonds. The number of hydrogen-bond acceptors (Lipinski definition) is 4. The van der Waals surface area contributed by atoms with Crippen molar-refractivity contribution in [3.8, 4) is 0 Å². The number of rotatable bonds is 6. The number of benzene rings is 1. The highest BCUT2D eigenvalue weighted by molar-refractivity contribution is 6.31. The summed E-state index contributed by atoms with van der Waals surface area (Å²) in [6.07, 6.45) is 2.46. The Hall–Kier alpha value is -1.17. The van der Waals surface area contributed by atoms with Gasteiger partial charge in [-0.2, -0.15) is 0 Å². The molecular formula is C15H22ClN3O2. The lowest BCUT2D eigenvalue weighted by atomic mass is 9.97. The van der Waals surface area contributed by atoms with E-state index in [4.69, 9.17) is 11.6 Å². The fraction of sp³-hybridized carbons (Fsp3) is 0.600. The highest BCUT2D eigenvalue weighted by Gasteiger charge is 2.17. The second kappa shape index (κ2) is 7.73. The Morgan fingerprint density at radius 1 is 1.43 bits per heavy atom. The summed E-state index contributed by atoms with van der Waals surface area (Å²) in [6.45, 7) is 7.34. The highest BCUT2D eigenvalue weighted by atomic mass is 35.5. The van der Waals surface area contributed by atoms with Gasteiger partial charge in [0.25, 0.3) is 5.69 Å². The first kappa shape index (κ1) is 16.2. The molecule has 1 aliphatic heterocycles. The van der Waals surface area contributed by atoms with Crippen LogP contribution in [0.1, 0.15) is 25.3 Å². The van der Waals surface area contributed by atoms with Crippen molar-refractivity contribution in [3.63, 3.8) is 0 Å². The summed E-state index contributed by atoms with van der Waals surface area (Å²) in [6, 6.07) is 4.65. The van der Waals surface area contributed by atoms with E-state index in [-0.39, 0.29) is 5.69 Å². The molecule has 0 saturated carbocycles. The van der Waals surface area contributed by atoms with Crippen LogP contribution in [0.2, 0.25) is 5.02 Å². The second-order valence-electron chi connectivity index (χ2n) is 5.54. The minimum atomic E-state index is -0.426. The molecule has 1 saturated heterocycles. The maximum absolute atomic E-state index is 10.7. The normalized spacial score (nSPS) is 17.0. The molecule has 0 radical (unpaired) electrons. The van der Waals surface area contributed by atoms with E-state index < -0.39 is 4.92 Å². The molecule has 1 fully saturated rings. The lowest BCUT2D eigenvalue weighted by Crippen LogP contribution is -2.36. The number of nitrogens with one attached hydrogen (secondary N) is 1. The van der Waals surface area contributed by atoms with Crippen LogP contribution in [-0.2, 0) is 6.54 Å².